The van der Waals surface area contributed by atoms with Crippen LogP contribution >= 0.6 is 0 Å². The number of rotatable bonds is 3. The van der Waals surface area contributed by atoms with E-state index in [2.05, 4.69) is 0 Å². The zero-order chi connectivity index (χ0) is 12.7. The number of fused-ring (bicyclic) bond motifs is 2. The van der Waals surface area contributed by atoms with Crippen LogP contribution in [-0.2, 0) is 0 Å². The third kappa shape index (κ3) is 2.16. The molecule has 4 unspecified atom stereocenters. The number of benzene rings is 1. The predicted octanol–water partition coefficient (Wildman–Crippen LogP) is 3.82. The van der Waals surface area contributed by atoms with Gasteiger partial charge in [-0.15, -0.1) is 0 Å². The van der Waals surface area contributed by atoms with Gasteiger partial charge < -0.3 is 5.11 Å². The summed E-state index contributed by atoms with van der Waals surface area (Å²) in [7, 11) is 0. The number of hydrogen-bond donors (Lipinski definition) is 1. The van der Waals surface area contributed by atoms with Crippen LogP contribution in [0.4, 0.5) is 8.78 Å². The molecule has 0 spiro atoms. The average molecular weight is 252 g/mol. The number of hydrogen-bond acceptors (Lipinski definition) is 1. The summed E-state index contributed by atoms with van der Waals surface area (Å²) in [6.45, 7) is 0. The highest BCUT2D eigenvalue weighted by atomic mass is 19.2. The molecule has 2 bridgehead atoms. The monoisotopic (exact) mass is 252 g/mol. The molecule has 0 aliphatic heterocycles. The molecule has 0 heterocycles. The minimum absolute atomic E-state index is 0.497. The van der Waals surface area contributed by atoms with Gasteiger partial charge in [-0.1, -0.05) is 12.5 Å². The molecule has 2 aliphatic rings. The summed E-state index contributed by atoms with van der Waals surface area (Å²) in [6.07, 6.45) is 5.14. The molecule has 0 aromatic heterocycles. The van der Waals surface area contributed by atoms with Gasteiger partial charge >= 0.3 is 0 Å². The molecule has 0 amide bonds. The van der Waals surface area contributed by atoms with Crippen LogP contribution in [0.3, 0.4) is 0 Å². The predicted molar refractivity (Wildman–Crippen MR) is 64.9 cm³/mol. The minimum Gasteiger partial charge on any atom is -0.388 e. The van der Waals surface area contributed by atoms with Crippen molar-refractivity contribution in [2.24, 2.45) is 17.8 Å². The fraction of sp³-hybridized carbons (Fsp3) is 0.600. The average Bonchev–Trinajstić information content (AvgIpc) is 2.94. The summed E-state index contributed by atoms with van der Waals surface area (Å²) in [5, 5.41) is 10.1. The molecule has 1 aromatic rings. The Bertz CT molecular complexity index is 446. The van der Waals surface area contributed by atoms with E-state index in [9.17, 15) is 13.9 Å². The first-order valence-corrected chi connectivity index (χ1v) is 6.76. The Morgan fingerprint density at radius 2 is 2.00 bits per heavy atom. The standard InChI is InChI=1S/C15H18F2O/c16-13-4-3-11(7-14(13)17)15(18)8-12-6-9-1-2-10(12)5-9/h3-4,7,9-10,12,15,18H,1-2,5-6,8H2. The fourth-order valence-corrected chi connectivity index (χ4v) is 3.81. The normalized spacial score (nSPS) is 31.8. The van der Waals surface area contributed by atoms with Crippen molar-refractivity contribution in [1.29, 1.82) is 0 Å². The first-order valence-electron chi connectivity index (χ1n) is 6.76. The molecule has 1 aromatic carbocycles. The van der Waals surface area contributed by atoms with Crippen molar-refractivity contribution >= 4 is 0 Å². The van der Waals surface area contributed by atoms with E-state index in [0.717, 1.165) is 24.0 Å². The van der Waals surface area contributed by atoms with Crippen LogP contribution in [0.2, 0.25) is 0 Å². The first kappa shape index (κ1) is 12.1. The van der Waals surface area contributed by atoms with Gasteiger partial charge in [0.1, 0.15) is 0 Å². The third-order valence-corrected chi connectivity index (χ3v) is 4.74. The van der Waals surface area contributed by atoms with Crippen molar-refractivity contribution in [2.75, 3.05) is 0 Å². The molecule has 0 radical (unpaired) electrons. The molecule has 1 N–H and O–H groups in total. The van der Waals surface area contributed by atoms with Gasteiger partial charge in [-0.2, -0.15) is 0 Å². The number of aliphatic hydroxyl groups is 1. The lowest BCUT2D eigenvalue weighted by Gasteiger charge is -2.24. The van der Waals surface area contributed by atoms with Crippen LogP contribution in [0.1, 0.15) is 43.8 Å². The lowest BCUT2D eigenvalue weighted by atomic mass is 9.83. The summed E-state index contributed by atoms with van der Waals surface area (Å²) in [6, 6.07) is 3.69. The lowest BCUT2D eigenvalue weighted by Crippen LogP contribution is -2.14. The van der Waals surface area contributed by atoms with Gasteiger partial charge in [0.2, 0.25) is 0 Å². The second-order valence-corrected chi connectivity index (χ2v) is 5.86. The molecule has 3 rings (SSSR count). The Kier molecular flexibility index (Phi) is 3.10. The Morgan fingerprint density at radius 3 is 2.61 bits per heavy atom. The van der Waals surface area contributed by atoms with Crippen molar-refractivity contribution in [1.82, 2.24) is 0 Å². The topological polar surface area (TPSA) is 20.2 Å². The molecule has 98 valence electrons. The second kappa shape index (κ2) is 4.61. The molecule has 2 aliphatic carbocycles. The van der Waals surface area contributed by atoms with Gasteiger partial charge in [-0.3, -0.25) is 0 Å². The van der Waals surface area contributed by atoms with Crippen LogP contribution in [0, 0.1) is 29.4 Å². The van der Waals surface area contributed by atoms with E-state index in [4.69, 9.17) is 0 Å². The van der Waals surface area contributed by atoms with E-state index in [1.165, 1.54) is 31.7 Å². The summed E-state index contributed by atoms with van der Waals surface area (Å²) in [5.74, 6) is 0.421. The fourth-order valence-electron chi connectivity index (χ4n) is 3.81. The quantitative estimate of drug-likeness (QED) is 0.867. The van der Waals surface area contributed by atoms with Crippen LogP contribution in [0.15, 0.2) is 18.2 Å². The van der Waals surface area contributed by atoms with Crippen LogP contribution in [0.25, 0.3) is 0 Å². The van der Waals surface area contributed by atoms with Crippen molar-refractivity contribution in [3.8, 4) is 0 Å². The SMILES string of the molecule is OC(CC1CC2CCC1C2)c1ccc(F)c(F)c1. The summed E-state index contributed by atoms with van der Waals surface area (Å²) in [5.41, 5.74) is 0.497. The molecule has 3 heteroatoms. The zero-order valence-corrected chi connectivity index (χ0v) is 10.3. The maximum Gasteiger partial charge on any atom is 0.159 e. The first-order chi connectivity index (χ1) is 8.63. The van der Waals surface area contributed by atoms with Crippen molar-refractivity contribution in [3.05, 3.63) is 35.4 Å². The Labute approximate surface area is 106 Å². The summed E-state index contributed by atoms with van der Waals surface area (Å²) in [4.78, 5) is 0. The number of aliphatic hydroxyl groups excluding tert-OH is 1. The molecule has 18 heavy (non-hydrogen) atoms. The maximum absolute atomic E-state index is 13.1. The minimum atomic E-state index is -0.875. The van der Waals surface area contributed by atoms with E-state index in [1.54, 1.807) is 0 Å². The molecule has 2 fully saturated rings. The Hall–Kier alpha value is -0.960. The van der Waals surface area contributed by atoms with Crippen molar-refractivity contribution < 1.29 is 13.9 Å². The molecule has 4 atom stereocenters. The highest BCUT2D eigenvalue weighted by Crippen LogP contribution is 2.50. The van der Waals surface area contributed by atoms with Gasteiger partial charge in [-0.05, 0) is 61.1 Å². The van der Waals surface area contributed by atoms with Crippen LogP contribution < -0.4 is 0 Å². The van der Waals surface area contributed by atoms with E-state index >= 15 is 0 Å². The second-order valence-electron chi connectivity index (χ2n) is 5.86. The summed E-state index contributed by atoms with van der Waals surface area (Å²) < 4.78 is 25.9. The smallest absolute Gasteiger partial charge is 0.159 e. The van der Waals surface area contributed by atoms with E-state index in [0.29, 0.717) is 17.9 Å². The largest absolute Gasteiger partial charge is 0.388 e. The van der Waals surface area contributed by atoms with E-state index in [-0.39, 0.29) is 0 Å². The van der Waals surface area contributed by atoms with Gasteiger partial charge in [0.15, 0.2) is 11.6 Å². The molecular formula is C15H18F2O. The van der Waals surface area contributed by atoms with Crippen molar-refractivity contribution in [3.63, 3.8) is 0 Å². The van der Waals surface area contributed by atoms with Crippen LogP contribution in [-0.4, -0.2) is 5.11 Å². The Morgan fingerprint density at radius 1 is 1.17 bits per heavy atom. The Balaban J connectivity index is 1.67. The maximum atomic E-state index is 13.1. The molecular weight excluding hydrogens is 234 g/mol. The highest BCUT2D eigenvalue weighted by Gasteiger charge is 2.40. The number of halogens is 2. The van der Waals surface area contributed by atoms with Gasteiger partial charge in [-0.25, -0.2) is 8.78 Å². The molecule has 0 saturated heterocycles. The van der Waals surface area contributed by atoms with Gasteiger partial charge in [0.25, 0.3) is 0 Å². The lowest BCUT2D eigenvalue weighted by molar-refractivity contribution is 0.125. The molecule has 2 saturated carbocycles. The third-order valence-electron chi connectivity index (χ3n) is 4.74. The van der Waals surface area contributed by atoms with Gasteiger partial charge in [0, 0.05) is 0 Å². The van der Waals surface area contributed by atoms with Crippen LogP contribution in [0.5, 0.6) is 0 Å². The van der Waals surface area contributed by atoms with Crippen molar-refractivity contribution in [2.45, 2.75) is 38.2 Å². The zero-order valence-electron chi connectivity index (χ0n) is 10.3. The highest BCUT2D eigenvalue weighted by molar-refractivity contribution is 5.20. The van der Waals surface area contributed by atoms with E-state index < -0.39 is 17.7 Å². The summed E-state index contributed by atoms with van der Waals surface area (Å²) >= 11 is 0. The molecule has 1 nitrogen and oxygen atoms in total. The van der Waals surface area contributed by atoms with Gasteiger partial charge in [0.05, 0.1) is 6.10 Å². The van der Waals surface area contributed by atoms with E-state index in [1.807, 2.05) is 0 Å².